The summed E-state index contributed by atoms with van der Waals surface area (Å²) in [5, 5.41) is 3.34. The Morgan fingerprint density at radius 3 is 2.63 bits per heavy atom. The third kappa shape index (κ3) is 6.28. The van der Waals surface area contributed by atoms with Gasteiger partial charge in [-0.1, -0.05) is 18.2 Å². The Bertz CT molecular complexity index is 975. The van der Waals surface area contributed by atoms with E-state index in [2.05, 4.69) is 20.0 Å². The first-order chi connectivity index (χ1) is 14.0. The number of hydrogen-bond donors (Lipinski definition) is 1. The van der Waals surface area contributed by atoms with Crippen molar-refractivity contribution in [2.75, 3.05) is 20.6 Å². The fourth-order valence-electron chi connectivity index (χ4n) is 3.14. The van der Waals surface area contributed by atoms with Gasteiger partial charge in [-0.15, -0.1) is 24.0 Å². The van der Waals surface area contributed by atoms with E-state index in [1.165, 1.54) is 12.1 Å². The molecule has 3 rings (SSSR count). The predicted molar refractivity (Wildman–Crippen MR) is 125 cm³/mol. The summed E-state index contributed by atoms with van der Waals surface area (Å²) in [7, 11) is 3.65. The lowest BCUT2D eigenvalue weighted by molar-refractivity contribution is -0.0498. The number of aliphatic imine (C=N–C) groups is 1. The Balaban J connectivity index is 0.00000320. The largest absolute Gasteiger partial charge is 0.435 e. The zero-order chi connectivity index (χ0) is 20.8. The van der Waals surface area contributed by atoms with Gasteiger partial charge in [0, 0.05) is 46.0 Å². The number of halogens is 3. The van der Waals surface area contributed by atoms with E-state index in [0.717, 1.165) is 34.8 Å². The van der Waals surface area contributed by atoms with Crippen molar-refractivity contribution < 1.29 is 13.5 Å². The van der Waals surface area contributed by atoms with Crippen LogP contribution in [0.15, 0.2) is 53.8 Å². The Labute approximate surface area is 192 Å². The molecule has 2 aromatic heterocycles. The topological polar surface area (TPSA) is 54.2 Å². The van der Waals surface area contributed by atoms with Gasteiger partial charge in [-0.25, -0.2) is 4.98 Å². The number of alkyl halides is 2. The molecular formula is C21H26F2IN5O. The fourth-order valence-corrected chi connectivity index (χ4v) is 3.14. The molecule has 30 heavy (non-hydrogen) atoms. The zero-order valence-corrected chi connectivity index (χ0v) is 19.5. The summed E-state index contributed by atoms with van der Waals surface area (Å²) in [6.07, 6.45) is 4.81. The molecule has 0 unspecified atom stereocenters. The maximum absolute atomic E-state index is 12.2. The predicted octanol–water partition coefficient (Wildman–Crippen LogP) is 4.11. The number of hydrogen-bond acceptors (Lipinski definition) is 3. The summed E-state index contributed by atoms with van der Waals surface area (Å²) in [4.78, 5) is 11.0. The third-order valence-electron chi connectivity index (χ3n) is 4.53. The molecule has 0 aliphatic rings. The Kier molecular flexibility index (Phi) is 8.82. The second kappa shape index (κ2) is 11.1. The van der Waals surface area contributed by atoms with Gasteiger partial charge in [0.15, 0.2) is 5.96 Å². The van der Waals surface area contributed by atoms with Gasteiger partial charge in [-0.05, 0) is 36.2 Å². The Morgan fingerprint density at radius 2 is 2.00 bits per heavy atom. The van der Waals surface area contributed by atoms with Crippen molar-refractivity contribution in [2.24, 2.45) is 4.99 Å². The van der Waals surface area contributed by atoms with Crippen LogP contribution < -0.4 is 10.1 Å². The average Bonchev–Trinajstić information content (AvgIpc) is 3.11. The van der Waals surface area contributed by atoms with E-state index in [0.29, 0.717) is 13.1 Å². The number of ether oxygens (including phenoxy) is 1. The van der Waals surface area contributed by atoms with Crippen LogP contribution in [-0.2, 0) is 13.0 Å². The number of aromatic nitrogens is 2. The highest BCUT2D eigenvalue weighted by molar-refractivity contribution is 14.0. The molecule has 0 bridgehead atoms. The summed E-state index contributed by atoms with van der Waals surface area (Å²) in [6, 6.07) is 10.7. The Morgan fingerprint density at radius 1 is 1.27 bits per heavy atom. The molecule has 6 nitrogen and oxygen atoms in total. The van der Waals surface area contributed by atoms with E-state index in [4.69, 9.17) is 0 Å². The van der Waals surface area contributed by atoms with E-state index in [1.54, 1.807) is 19.2 Å². The number of fused-ring (bicyclic) bond motifs is 1. The van der Waals surface area contributed by atoms with Gasteiger partial charge >= 0.3 is 6.61 Å². The first-order valence-corrected chi connectivity index (χ1v) is 9.35. The smallest absolute Gasteiger partial charge is 0.387 e. The van der Waals surface area contributed by atoms with Gasteiger partial charge < -0.3 is 19.4 Å². The average molecular weight is 529 g/mol. The van der Waals surface area contributed by atoms with Crippen LogP contribution in [0.5, 0.6) is 5.75 Å². The number of guanidine groups is 1. The maximum atomic E-state index is 12.2. The highest BCUT2D eigenvalue weighted by Gasteiger charge is 2.09. The molecule has 0 aliphatic heterocycles. The van der Waals surface area contributed by atoms with E-state index in [1.807, 2.05) is 47.8 Å². The first-order valence-electron chi connectivity index (χ1n) is 9.35. The highest BCUT2D eigenvalue weighted by atomic mass is 127. The van der Waals surface area contributed by atoms with Crippen LogP contribution in [0.2, 0.25) is 0 Å². The minimum atomic E-state index is -2.82. The van der Waals surface area contributed by atoms with Crippen LogP contribution >= 0.6 is 24.0 Å². The normalized spacial score (nSPS) is 11.5. The van der Waals surface area contributed by atoms with E-state index in [9.17, 15) is 8.78 Å². The molecule has 0 radical (unpaired) electrons. The standard InChI is InChI=1S/C21H25F2N5O.HI/c1-15-5-4-12-28-14-17(26-19(15)28)10-11-25-21(24-2)27(3)13-16-6-8-18(9-7-16)29-20(22)23;/h4-9,12,14,20H,10-11,13H2,1-3H3,(H,24,25);1H. The lowest BCUT2D eigenvalue weighted by atomic mass is 10.2. The van der Waals surface area contributed by atoms with Crippen LogP contribution in [0.1, 0.15) is 16.8 Å². The molecule has 162 valence electrons. The molecule has 0 spiro atoms. The SMILES string of the molecule is CN=C(NCCc1cn2cccc(C)c2n1)N(C)Cc1ccc(OC(F)F)cc1.I. The van der Waals surface area contributed by atoms with E-state index >= 15 is 0 Å². The number of rotatable bonds is 7. The minimum Gasteiger partial charge on any atom is -0.435 e. The number of aryl methyl sites for hydroxylation is 1. The molecule has 2 heterocycles. The number of nitrogens with one attached hydrogen (secondary N) is 1. The van der Waals surface area contributed by atoms with Crippen LogP contribution in [0.25, 0.3) is 5.65 Å². The second-order valence-corrected chi connectivity index (χ2v) is 6.76. The Hall–Kier alpha value is -2.43. The summed E-state index contributed by atoms with van der Waals surface area (Å²) < 4.78 is 30.9. The van der Waals surface area contributed by atoms with Crippen molar-refractivity contribution >= 4 is 35.6 Å². The number of benzene rings is 1. The van der Waals surface area contributed by atoms with Crippen LogP contribution in [0.4, 0.5) is 8.78 Å². The molecule has 1 aromatic carbocycles. The quantitative estimate of drug-likeness (QED) is 0.285. The highest BCUT2D eigenvalue weighted by Crippen LogP contribution is 2.16. The van der Waals surface area contributed by atoms with Crippen LogP contribution in [-0.4, -0.2) is 47.5 Å². The lowest BCUT2D eigenvalue weighted by Gasteiger charge is -2.22. The van der Waals surface area contributed by atoms with E-state index in [-0.39, 0.29) is 29.7 Å². The first kappa shape index (κ1) is 23.8. The number of imidazole rings is 1. The third-order valence-corrected chi connectivity index (χ3v) is 4.53. The molecule has 0 atom stereocenters. The summed E-state index contributed by atoms with van der Waals surface area (Å²) in [6.45, 7) is 0.514. The fraction of sp³-hybridized carbons (Fsp3) is 0.333. The van der Waals surface area contributed by atoms with Crippen molar-refractivity contribution in [3.63, 3.8) is 0 Å². The van der Waals surface area contributed by atoms with Gasteiger partial charge in [0.25, 0.3) is 0 Å². The molecular weight excluding hydrogens is 503 g/mol. The number of nitrogens with zero attached hydrogens (tertiary/aromatic N) is 4. The van der Waals surface area contributed by atoms with Gasteiger partial charge in [-0.2, -0.15) is 8.78 Å². The zero-order valence-electron chi connectivity index (χ0n) is 17.2. The van der Waals surface area contributed by atoms with Gasteiger partial charge in [0.1, 0.15) is 11.4 Å². The summed E-state index contributed by atoms with van der Waals surface area (Å²) in [5.74, 6) is 0.898. The summed E-state index contributed by atoms with van der Waals surface area (Å²) >= 11 is 0. The number of pyridine rings is 1. The van der Waals surface area contributed by atoms with Crippen molar-refractivity contribution in [2.45, 2.75) is 26.5 Å². The summed E-state index contributed by atoms with van der Waals surface area (Å²) in [5.41, 5.74) is 4.10. The maximum Gasteiger partial charge on any atom is 0.387 e. The van der Waals surface area contributed by atoms with Crippen LogP contribution in [0.3, 0.4) is 0 Å². The molecule has 0 amide bonds. The van der Waals surface area contributed by atoms with Crippen LogP contribution in [0, 0.1) is 6.92 Å². The van der Waals surface area contributed by atoms with Gasteiger partial charge in [0.05, 0.1) is 5.69 Å². The molecule has 0 saturated carbocycles. The molecule has 1 N–H and O–H groups in total. The molecule has 0 fully saturated rings. The van der Waals surface area contributed by atoms with Crippen molar-refractivity contribution in [1.82, 2.24) is 19.6 Å². The van der Waals surface area contributed by atoms with Crippen molar-refractivity contribution in [3.05, 3.63) is 65.6 Å². The van der Waals surface area contributed by atoms with Gasteiger partial charge in [0.2, 0.25) is 0 Å². The molecule has 9 heteroatoms. The van der Waals surface area contributed by atoms with E-state index < -0.39 is 6.61 Å². The van der Waals surface area contributed by atoms with Crippen molar-refractivity contribution in [1.29, 1.82) is 0 Å². The second-order valence-electron chi connectivity index (χ2n) is 6.76. The van der Waals surface area contributed by atoms with Crippen molar-refractivity contribution in [3.8, 4) is 5.75 Å². The molecule has 0 saturated heterocycles. The molecule has 3 aromatic rings. The molecule has 0 aliphatic carbocycles. The monoisotopic (exact) mass is 529 g/mol. The lowest BCUT2D eigenvalue weighted by Crippen LogP contribution is -2.39. The van der Waals surface area contributed by atoms with Gasteiger partial charge in [-0.3, -0.25) is 4.99 Å². The minimum absolute atomic E-state index is 0.